The molecule has 13 aromatic rings. The molecule has 19 rings (SSSR count). The zero-order valence-corrected chi connectivity index (χ0v) is 42.3. The molecule has 0 N–H and O–H groups in total. The van der Waals surface area contributed by atoms with Crippen LogP contribution in [0, 0.1) is 0 Å². The fraction of sp³-hybridized carbons (Fsp3) is 0. The van der Waals surface area contributed by atoms with Crippen LogP contribution in [0.4, 0.5) is 51.2 Å². The normalized spacial score (nSPS) is 14.1. The molecule has 0 saturated carbocycles. The second-order valence-corrected chi connectivity index (χ2v) is 22.5. The first kappa shape index (κ1) is 41.5. The largest absolute Gasteiger partial charge is 0.309 e. The summed E-state index contributed by atoms with van der Waals surface area (Å²) < 4.78 is 4.00. The second-order valence-electron chi connectivity index (χ2n) is 21.4. The number of benzene rings is 11. The van der Waals surface area contributed by atoms with Crippen molar-refractivity contribution in [1.29, 1.82) is 0 Å². The Kier molecular flexibility index (Phi) is 7.76. The highest BCUT2D eigenvalue weighted by Gasteiger charge is 2.47. The van der Waals surface area contributed by atoms with Crippen molar-refractivity contribution in [2.75, 3.05) is 14.7 Å². The highest BCUT2D eigenvalue weighted by Crippen LogP contribution is 2.57. The molecule has 6 aliphatic heterocycles. The Bertz CT molecular complexity index is 5130. The third-order valence-electron chi connectivity index (χ3n) is 17.8. The third-order valence-corrected chi connectivity index (χ3v) is 18.9. The number of nitrogens with zero attached hydrogens (tertiary/aromatic N) is 5. The van der Waals surface area contributed by atoms with E-state index in [4.69, 9.17) is 0 Å². The maximum absolute atomic E-state index is 14.9. The maximum atomic E-state index is 14.9. The fourth-order valence-electron chi connectivity index (χ4n) is 14.8. The first-order valence-electron chi connectivity index (χ1n) is 26.7. The molecule has 7 nitrogen and oxygen atoms in total. The molecule has 6 aliphatic rings. The minimum atomic E-state index is -0.119. The minimum Gasteiger partial charge on any atom is -0.309 e. The zero-order chi connectivity index (χ0) is 50.8. The van der Waals surface area contributed by atoms with Crippen molar-refractivity contribution >= 4 is 153 Å². The number of hydrogen-bond acceptors (Lipinski definition) is 6. The topological polar surface area (TPSA) is 53.7 Å². The van der Waals surface area contributed by atoms with Gasteiger partial charge in [0.1, 0.15) is 0 Å². The number of aromatic nitrogens is 2. The predicted molar refractivity (Wildman–Crippen MR) is 324 cm³/mol. The molecule has 0 amide bonds. The molecule has 0 fully saturated rings. The van der Waals surface area contributed by atoms with Crippen molar-refractivity contribution in [3.8, 4) is 22.5 Å². The first-order chi connectivity index (χ1) is 38.6. The lowest BCUT2D eigenvalue weighted by molar-refractivity contribution is 1.06. The highest BCUT2D eigenvalue weighted by molar-refractivity contribution is 7.99. The third kappa shape index (κ3) is 4.97. The van der Waals surface area contributed by atoms with Gasteiger partial charge < -0.3 is 14.7 Å². The van der Waals surface area contributed by atoms with Gasteiger partial charge in [-0.15, -0.1) is 0 Å². The van der Waals surface area contributed by atoms with E-state index in [-0.39, 0.29) is 24.5 Å². The predicted octanol–water partition coefficient (Wildman–Crippen LogP) is 11.7. The molecule has 0 spiro atoms. The van der Waals surface area contributed by atoms with E-state index in [1.807, 2.05) is 57.3 Å². The molecular weight excluding hydrogens is 972 g/mol. The molecule has 11 aromatic carbocycles. The zero-order valence-electron chi connectivity index (χ0n) is 41.5. The van der Waals surface area contributed by atoms with Gasteiger partial charge in [-0.3, -0.25) is 18.7 Å². The van der Waals surface area contributed by atoms with Gasteiger partial charge in [0.05, 0.1) is 45.2 Å². The Morgan fingerprint density at radius 2 is 0.808 bits per heavy atom. The summed E-state index contributed by atoms with van der Waals surface area (Å²) in [5.74, 6) is 0. The summed E-state index contributed by atoms with van der Waals surface area (Å²) in [4.78, 5) is 39.5. The van der Waals surface area contributed by atoms with E-state index in [1.54, 1.807) is 0 Å². The quantitative estimate of drug-likeness (QED) is 0.127. The summed E-state index contributed by atoms with van der Waals surface area (Å²) in [6, 6.07) is 80.4. The summed E-state index contributed by atoms with van der Waals surface area (Å²) in [6.07, 6.45) is 0. The van der Waals surface area contributed by atoms with Crippen molar-refractivity contribution in [3.63, 3.8) is 0 Å². The van der Waals surface area contributed by atoms with Crippen LogP contribution in [0.1, 0.15) is 0 Å². The summed E-state index contributed by atoms with van der Waals surface area (Å²) in [7, 11) is 0. The number of anilines is 9. The van der Waals surface area contributed by atoms with Gasteiger partial charge in [-0.2, -0.15) is 0 Å². The summed E-state index contributed by atoms with van der Waals surface area (Å²) in [5, 5.41) is 5.58. The van der Waals surface area contributed by atoms with E-state index >= 15 is 0 Å². The average Bonchev–Trinajstić information content (AvgIpc) is 2.49. The van der Waals surface area contributed by atoms with Gasteiger partial charge in [0.15, 0.2) is 0 Å². The fourth-order valence-corrected chi connectivity index (χ4v) is 15.9. The Labute approximate surface area is 451 Å². The lowest BCUT2D eigenvalue weighted by Gasteiger charge is -2.47. The van der Waals surface area contributed by atoms with Crippen LogP contribution in [0.2, 0.25) is 0 Å². The Balaban J connectivity index is 0.814. The van der Waals surface area contributed by atoms with Crippen molar-refractivity contribution < 1.29 is 0 Å². The molecule has 0 atom stereocenters. The van der Waals surface area contributed by atoms with Crippen LogP contribution in [-0.4, -0.2) is 22.6 Å². The van der Waals surface area contributed by atoms with E-state index in [0.29, 0.717) is 0 Å². The number of hydrogen-bond donors (Lipinski definition) is 0. The molecule has 78 heavy (non-hydrogen) atoms. The van der Waals surface area contributed by atoms with Crippen molar-refractivity contribution in [2.24, 2.45) is 0 Å². The van der Waals surface area contributed by atoms with Gasteiger partial charge >= 0.3 is 0 Å². The Morgan fingerprint density at radius 1 is 0.308 bits per heavy atom. The van der Waals surface area contributed by atoms with E-state index in [9.17, 15) is 9.59 Å². The monoisotopic (exact) mass is 1010 g/mol. The molecule has 0 bridgehead atoms. The minimum absolute atomic E-state index is 0.0000149. The lowest BCUT2D eigenvalue weighted by Crippen LogP contribution is -2.62. The first-order valence-corrected chi connectivity index (χ1v) is 27.5. The van der Waals surface area contributed by atoms with Gasteiger partial charge in [-0.05, 0) is 140 Å². The molecule has 0 unspecified atom stereocenters. The van der Waals surface area contributed by atoms with Crippen LogP contribution in [-0.2, 0) is 0 Å². The second kappa shape index (κ2) is 14.6. The van der Waals surface area contributed by atoms with Crippen LogP contribution in [0.15, 0.2) is 244 Å². The van der Waals surface area contributed by atoms with E-state index in [0.717, 1.165) is 133 Å². The van der Waals surface area contributed by atoms with E-state index in [1.165, 1.54) is 26.4 Å². The summed E-state index contributed by atoms with van der Waals surface area (Å²) >= 11 is 1.84. The molecule has 0 radical (unpaired) electrons. The summed E-state index contributed by atoms with van der Waals surface area (Å²) in [5.41, 5.74) is 23.1. The van der Waals surface area contributed by atoms with E-state index < -0.39 is 0 Å². The molecule has 0 saturated heterocycles. The lowest BCUT2D eigenvalue weighted by atomic mass is 9.33. The van der Waals surface area contributed by atoms with Gasteiger partial charge in [0.25, 0.3) is 24.5 Å². The van der Waals surface area contributed by atoms with Crippen molar-refractivity contribution in [1.82, 2.24) is 9.13 Å². The molecule has 10 heteroatoms. The highest BCUT2D eigenvalue weighted by atomic mass is 32.2. The summed E-state index contributed by atoms with van der Waals surface area (Å²) in [6.45, 7) is -0.216. The average molecular weight is 1010 g/mol. The van der Waals surface area contributed by atoms with Crippen LogP contribution in [0.25, 0.3) is 65.9 Å². The standard InChI is InChI=1S/C68H37B2N5O2S/c76-67-45-16-3-1-15-42(45)44-19-12-22-49-64(44)74(67)56-28-13-27-55-61(56)70(49)50-36-39(37-60-65(50)73(55)54-26-9-10-29-59(54)78-60)38-30-32-40(33-31-38)71-52-24-7-8-25-53(52)72-51-23-6-5-20-47(51)69-48-21-11-18-43-41-14-2-4-17-46(41)68(77)75(63(43)48)57-34-35-58(71)66(72)62(57)69/h1-37H. The number of rotatable bonds is 2. The van der Waals surface area contributed by atoms with Crippen molar-refractivity contribution in [3.05, 3.63) is 245 Å². The van der Waals surface area contributed by atoms with Gasteiger partial charge in [-0.1, -0.05) is 151 Å². The van der Waals surface area contributed by atoms with E-state index in [2.05, 4.69) is 203 Å². The van der Waals surface area contributed by atoms with Crippen LogP contribution in [0.3, 0.4) is 0 Å². The number of fused-ring (bicyclic) bond motifs is 17. The SMILES string of the molecule is O=c1c2ccccc2c2cccc3c2n1-c1cccc2c1B3c1cc(-c3ccc(N4c5ccccc5N5c6ccccc6B6c7c(ccc4c75)-n4c(=O)c5ccccc5c5cccc6c54)cc3)cc3c1N2c1ccccc1S3. The number of pyridine rings is 2. The Morgan fingerprint density at radius 3 is 1.51 bits per heavy atom. The smallest absolute Gasteiger partial charge is 0.263 e. The molecular formula is C68H37B2N5O2S. The maximum Gasteiger partial charge on any atom is 0.263 e. The molecule has 2 aromatic heterocycles. The Hall–Kier alpha value is -9.76. The van der Waals surface area contributed by atoms with Gasteiger partial charge in [-0.25, -0.2) is 0 Å². The van der Waals surface area contributed by atoms with Crippen LogP contribution in [0.5, 0.6) is 0 Å². The number of para-hydroxylation sites is 6. The van der Waals surface area contributed by atoms with Crippen LogP contribution < -0.4 is 58.6 Å². The molecule has 358 valence electrons. The van der Waals surface area contributed by atoms with Gasteiger partial charge in [0.2, 0.25) is 0 Å². The van der Waals surface area contributed by atoms with Gasteiger partial charge in [0, 0.05) is 59.8 Å². The molecule has 0 aliphatic carbocycles. The van der Waals surface area contributed by atoms with Crippen molar-refractivity contribution in [2.45, 2.75) is 9.79 Å². The molecule has 8 heterocycles. The van der Waals surface area contributed by atoms with Crippen LogP contribution >= 0.6 is 11.8 Å².